The third-order valence-corrected chi connectivity index (χ3v) is 2.85. The average molecular weight is 253 g/mol. The minimum atomic E-state index is -0.983. The number of carboxylic acids is 1. The van der Waals surface area contributed by atoms with E-state index in [2.05, 4.69) is 4.98 Å². The lowest BCUT2D eigenvalue weighted by Gasteiger charge is -2.03. The number of aromatic carboxylic acids is 1. The molecule has 0 atom stereocenters. The molecule has 0 fully saturated rings. The van der Waals surface area contributed by atoms with Crippen molar-refractivity contribution in [2.75, 3.05) is 0 Å². The number of hydrogen-bond donors (Lipinski definition) is 1. The van der Waals surface area contributed by atoms with Crippen LogP contribution >= 0.6 is 11.6 Å². The molecule has 0 radical (unpaired) electrons. The normalized spacial score (nSPS) is 11.4. The standard InChI is InChI=1S/C12H13ClN2O2/c1-6(2)9-10(12(16)17)15-5-8(13)4-7(3)11(15)14-9/h4-6H,1-3H3,(H,16,17). The van der Waals surface area contributed by atoms with Crippen molar-refractivity contribution in [3.63, 3.8) is 0 Å². The fraction of sp³-hybridized carbons (Fsp3) is 0.333. The van der Waals surface area contributed by atoms with Crippen LogP contribution in [0.15, 0.2) is 12.3 Å². The number of rotatable bonds is 2. The zero-order valence-electron chi connectivity index (χ0n) is 9.86. The molecule has 2 aromatic heterocycles. The van der Waals surface area contributed by atoms with Gasteiger partial charge in [-0.2, -0.15) is 0 Å². The van der Waals surface area contributed by atoms with Gasteiger partial charge in [-0.1, -0.05) is 25.4 Å². The molecule has 4 nitrogen and oxygen atoms in total. The Morgan fingerprint density at radius 3 is 2.71 bits per heavy atom. The average Bonchev–Trinajstić information content (AvgIpc) is 2.56. The summed E-state index contributed by atoms with van der Waals surface area (Å²) in [5.74, 6) is -0.929. The van der Waals surface area contributed by atoms with Crippen molar-refractivity contribution < 1.29 is 9.90 Å². The van der Waals surface area contributed by atoms with Gasteiger partial charge in [0.1, 0.15) is 5.65 Å². The molecule has 2 rings (SSSR count). The van der Waals surface area contributed by atoms with Gasteiger partial charge in [0.2, 0.25) is 0 Å². The zero-order chi connectivity index (χ0) is 12.7. The number of imidazole rings is 1. The lowest BCUT2D eigenvalue weighted by atomic mass is 10.1. The van der Waals surface area contributed by atoms with Crippen molar-refractivity contribution in [3.8, 4) is 0 Å². The SMILES string of the molecule is Cc1cc(Cl)cn2c(C(=O)O)c(C(C)C)nc12. The lowest BCUT2D eigenvalue weighted by Crippen LogP contribution is -2.06. The first-order chi connectivity index (χ1) is 7.91. The van der Waals surface area contributed by atoms with Gasteiger partial charge in [-0.15, -0.1) is 0 Å². The molecule has 0 unspecified atom stereocenters. The number of nitrogens with zero attached hydrogens (tertiary/aromatic N) is 2. The lowest BCUT2D eigenvalue weighted by molar-refractivity contribution is 0.0687. The summed E-state index contributed by atoms with van der Waals surface area (Å²) in [5, 5.41) is 9.78. The summed E-state index contributed by atoms with van der Waals surface area (Å²) in [4.78, 5) is 15.7. The van der Waals surface area contributed by atoms with Crippen LogP contribution in [0.25, 0.3) is 5.65 Å². The predicted molar refractivity (Wildman–Crippen MR) is 66.0 cm³/mol. The predicted octanol–water partition coefficient (Wildman–Crippen LogP) is 3.12. The summed E-state index contributed by atoms with van der Waals surface area (Å²) in [5.41, 5.74) is 2.30. The fourth-order valence-corrected chi connectivity index (χ4v) is 2.16. The molecule has 0 aliphatic rings. The number of aryl methyl sites for hydroxylation is 1. The smallest absolute Gasteiger partial charge is 0.354 e. The molecule has 17 heavy (non-hydrogen) atoms. The number of hydrogen-bond acceptors (Lipinski definition) is 2. The third kappa shape index (κ3) is 1.89. The molecule has 0 bridgehead atoms. The molecule has 0 aliphatic carbocycles. The van der Waals surface area contributed by atoms with Gasteiger partial charge in [0, 0.05) is 6.20 Å². The van der Waals surface area contributed by atoms with E-state index in [0.717, 1.165) is 5.56 Å². The van der Waals surface area contributed by atoms with Crippen LogP contribution in [-0.4, -0.2) is 20.5 Å². The largest absolute Gasteiger partial charge is 0.477 e. The Balaban J connectivity index is 2.90. The Labute approximate surface area is 104 Å². The summed E-state index contributed by atoms with van der Waals surface area (Å²) in [6.45, 7) is 5.71. The first kappa shape index (κ1) is 11.9. The Morgan fingerprint density at radius 2 is 2.18 bits per heavy atom. The molecule has 0 aliphatic heterocycles. The maximum Gasteiger partial charge on any atom is 0.354 e. The highest BCUT2D eigenvalue weighted by Gasteiger charge is 2.21. The molecular formula is C12H13ClN2O2. The Bertz CT molecular complexity index is 602. The van der Waals surface area contributed by atoms with E-state index in [-0.39, 0.29) is 11.6 Å². The molecule has 2 aromatic rings. The van der Waals surface area contributed by atoms with E-state index in [0.29, 0.717) is 16.4 Å². The Morgan fingerprint density at radius 1 is 1.53 bits per heavy atom. The second-order valence-electron chi connectivity index (χ2n) is 4.34. The Kier molecular flexibility index (Phi) is 2.83. The van der Waals surface area contributed by atoms with Gasteiger partial charge >= 0.3 is 5.97 Å². The van der Waals surface area contributed by atoms with Crippen LogP contribution in [0.4, 0.5) is 0 Å². The highest BCUT2D eigenvalue weighted by molar-refractivity contribution is 6.30. The number of pyridine rings is 1. The van der Waals surface area contributed by atoms with E-state index in [1.807, 2.05) is 20.8 Å². The molecule has 0 spiro atoms. The Hall–Kier alpha value is -1.55. The van der Waals surface area contributed by atoms with Crippen LogP contribution in [0, 0.1) is 6.92 Å². The summed E-state index contributed by atoms with van der Waals surface area (Å²) >= 11 is 5.95. The topological polar surface area (TPSA) is 54.6 Å². The van der Waals surface area contributed by atoms with Crippen molar-refractivity contribution in [1.29, 1.82) is 0 Å². The number of fused-ring (bicyclic) bond motifs is 1. The molecule has 1 N–H and O–H groups in total. The monoisotopic (exact) mass is 252 g/mol. The van der Waals surface area contributed by atoms with Gasteiger partial charge in [0.15, 0.2) is 5.69 Å². The van der Waals surface area contributed by atoms with Crippen LogP contribution in [0.3, 0.4) is 0 Å². The molecular weight excluding hydrogens is 240 g/mol. The van der Waals surface area contributed by atoms with E-state index in [1.165, 1.54) is 0 Å². The molecule has 0 saturated heterocycles. The first-order valence-corrected chi connectivity index (χ1v) is 5.71. The summed E-state index contributed by atoms with van der Waals surface area (Å²) in [6, 6.07) is 1.78. The van der Waals surface area contributed by atoms with E-state index < -0.39 is 5.97 Å². The van der Waals surface area contributed by atoms with Crippen LogP contribution < -0.4 is 0 Å². The van der Waals surface area contributed by atoms with Crippen molar-refractivity contribution in [3.05, 3.63) is 34.2 Å². The molecule has 5 heteroatoms. The van der Waals surface area contributed by atoms with Crippen LogP contribution in [0.5, 0.6) is 0 Å². The van der Waals surface area contributed by atoms with Gasteiger partial charge in [0.05, 0.1) is 10.7 Å². The molecule has 0 saturated carbocycles. The number of halogens is 1. The number of carboxylic acid groups (broad SMARTS) is 1. The maximum absolute atomic E-state index is 11.3. The quantitative estimate of drug-likeness (QED) is 0.893. The van der Waals surface area contributed by atoms with Crippen molar-refractivity contribution >= 4 is 23.2 Å². The van der Waals surface area contributed by atoms with Gasteiger partial charge in [-0.3, -0.25) is 4.40 Å². The molecule has 0 amide bonds. The van der Waals surface area contributed by atoms with Crippen LogP contribution in [0.2, 0.25) is 5.02 Å². The number of carbonyl (C=O) groups is 1. The first-order valence-electron chi connectivity index (χ1n) is 5.33. The highest BCUT2D eigenvalue weighted by Crippen LogP contribution is 2.24. The van der Waals surface area contributed by atoms with Crippen molar-refractivity contribution in [1.82, 2.24) is 9.38 Å². The third-order valence-electron chi connectivity index (χ3n) is 2.65. The minimum Gasteiger partial charge on any atom is -0.477 e. The van der Waals surface area contributed by atoms with Crippen LogP contribution in [-0.2, 0) is 0 Å². The van der Waals surface area contributed by atoms with Crippen LogP contribution in [0.1, 0.15) is 41.5 Å². The summed E-state index contributed by atoms with van der Waals surface area (Å²) in [7, 11) is 0. The van der Waals surface area contributed by atoms with E-state index in [4.69, 9.17) is 11.6 Å². The van der Waals surface area contributed by atoms with Gasteiger partial charge in [0.25, 0.3) is 0 Å². The molecule has 0 aromatic carbocycles. The van der Waals surface area contributed by atoms with Crippen molar-refractivity contribution in [2.45, 2.75) is 26.7 Å². The van der Waals surface area contributed by atoms with E-state index >= 15 is 0 Å². The zero-order valence-corrected chi connectivity index (χ0v) is 10.6. The second kappa shape index (κ2) is 4.04. The summed E-state index contributed by atoms with van der Waals surface area (Å²) < 4.78 is 1.55. The van der Waals surface area contributed by atoms with E-state index in [1.54, 1.807) is 16.7 Å². The van der Waals surface area contributed by atoms with Gasteiger partial charge in [-0.25, -0.2) is 9.78 Å². The highest BCUT2D eigenvalue weighted by atomic mass is 35.5. The van der Waals surface area contributed by atoms with Gasteiger partial charge < -0.3 is 5.11 Å². The maximum atomic E-state index is 11.3. The second-order valence-corrected chi connectivity index (χ2v) is 4.78. The fourth-order valence-electron chi connectivity index (χ4n) is 1.90. The van der Waals surface area contributed by atoms with Crippen molar-refractivity contribution in [2.24, 2.45) is 0 Å². The number of aromatic nitrogens is 2. The van der Waals surface area contributed by atoms with Gasteiger partial charge in [-0.05, 0) is 24.5 Å². The van der Waals surface area contributed by atoms with E-state index in [9.17, 15) is 9.90 Å². The molecule has 2 heterocycles. The minimum absolute atomic E-state index is 0.0548. The summed E-state index contributed by atoms with van der Waals surface area (Å²) in [6.07, 6.45) is 1.59. The molecule has 90 valence electrons.